The Bertz CT molecular complexity index is 2560. The van der Waals surface area contributed by atoms with Crippen LogP contribution in [-0.4, -0.2) is 40.9 Å². The normalized spacial score (nSPS) is 25.6. The lowest BCUT2D eigenvalue weighted by Gasteiger charge is -2.51. The van der Waals surface area contributed by atoms with Gasteiger partial charge in [-0.1, -0.05) is 95.0 Å². The van der Waals surface area contributed by atoms with Gasteiger partial charge in [-0.3, -0.25) is 24.6 Å². The number of aryl methyl sites for hydroxylation is 1. The molecule has 1 saturated carbocycles. The number of allylic oxidation sites excluding steroid dienone is 2. The highest BCUT2D eigenvalue weighted by molar-refractivity contribution is 6.36. The molecular weight excluding hydrogens is 773 g/mol. The number of halogens is 3. The maximum absolute atomic E-state index is 15.6. The van der Waals surface area contributed by atoms with Gasteiger partial charge in [0.2, 0.25) is 11.8 Å². The van der Waals surface area contributed by atoms with Gasteiger partial charge < -0.3 is 9.84 Å². The average molecular weight is 807 g/mol. The van der Waals surface area contributed by atoms with Crippen LogP contribution < -0.4 is 15.1 Å². The summed E-state index contributed by atoms with van der Waals surface area (Å²) in [6, 6.07) is 27.8. The van der Waals surface area contributed by atoms with Gasteiger partial charge in [0, 0.05) is 21.5 Å². The third-order valence-electron chi connectivity index (χ3n) is 12.2. The molecule has 2 N–H and O–H groups in total. The van der Waals surface area contributed by atoms with Gasteiger partial charge in [-0.05, 0) is 96.1 Å². The molecule has 12 heteroatoms. The Hall–Kier alpha value is -5.35. The van der Waals surface area contributed by atoms with E-state index in [2.05, 4.69) is 5.43 Å². The minimum absolute atomic E-state index is 0.0684. The molecule has 0 spiro atoms. The molecule has 2 aliphatic carbocycles. The van der Waals surface area contributed by atoms with Gasteiger partial charge in [0.15, 0.2) is 0 Å². The van der Waals surface area contributed by atoms with Gasteiger partial charge in [0.25, 0.3) is 11.8 Å². The molecule has 6 unspecified atom stereocenters. The van der Waals surface area contributed by atoms with Crippen molar-refractivity contribution in [2.75, 3.05) is 17.4 Å². The van der Waals surface area contributed by atoms with E-state index in [0.717, 1.165) is 16.0 Å². The van der Waals surface area contributed by atoms with E-state index in [0.29, 0.717) is 43.6 Å². The summed E-state index contributed by atoms with van der Waals surface area (Å²) in [4.78, 5) is 60.9. The first-order valence-corrected chi connectivity index (χ1v) is 19.4. The summed E-state index contributed by atoms with van der Waals surface area (Å²) in [5, 5.41) is 15.5. The van der Waals surface area contributed by atoms with Crippen LogP contribution in [0.15, 0.2) is 109 Å². The number of aromatic hydroxyl groups is 1. The first-order valence-electron chi connectivity index (χ1n) is 18.2. The van der Waals surface area contributed by atoms with Gasteiger partial charge in [-0.2, -0.15) is 5.01 Å². The lowest BCUT2D eigenvalue weighted by Crippen LogP contribution is -2.53. The number of imide groups is 2. The zero-order valence-corrected chi connectivity index (χ0v) is 32.4. The predicted octanol–water partition coefficient (Wildman–Crippen LogP) is 9.01. The van der Waals surface area contributed by atoms with Gasteiger partial charge in [-0.15, -0.1) is 0 Å². The van der Waals surface area contributed by atoms with Crippen LogP contribution in [0.25, 0.3) is 10.8 Å². The van der Waals surface area contributed by atoms with E-state index in [4.69, 9.17) is 39.5 Å². The van der Waals surface area contributed by atoms with Crippen LogP contribution in [0.4, 0.5) is 11.4 Å². The Kier molecular flexibility index (Phi) is 8.68. The molecule has 5 aromatic rings. The number of nitrogens with zero attached hydrogens (tertiary/aromatic N) is 2. The lowest BCUT2D eigenvalue weighted by atomic mass is 9.48. The van der Waals surface area contributed by atoms with Crippen molar-refractivity contribution in [1.29, 1.82) is 0 Å². The van der Waals surface area contributed by atoms with E-state index in [-0.39, 0.29) is 35.2 Å². The molecule has 9 rings (SSSR count). The van der Waals surface area contributed by atoms with E-state index in [1.54, 1.807) is 73.8 Å². The number of benzene rings is 5. The van der Waals surface area contributed by atoms with E-state index in [9.17, 15) is 14.7 Å². The summed E-state index contributed by atoms with van der Waals surface area (Å²) < 4.78 is 5.51. The number of amides is 4. The topological polar surface area (TPSA) is 116 Å². The highest BCUT2D eigenvalue weighted by Gasteiger charge is 2.71. The third-order valence-corrected chi connectivity index (χ3v) is 13.2. The Labute approximate surface area is 337 Å². The highest BCUT2D eigenvalue weighted by atomic mass is 35.5. The molecule has 282 valence electrons. The maximum atomic E-state index is 15.6. The number of ether oxygens (including phenoxy) is 1. The first kappa shape index (κ1) is 36.3. The third kappa shape index (κ3) is 5.21. The van der Waals surface area contributed by atoms with Gasteiger partial charge in [0.1, 0.15) is 11.5 Å². The number of rotatable bonds is 6. The summed E-state index contributed by atoms with van der Waals surface area (Å²) in [5.41, 5.74) is 4.52. The number of hydrogen-bond acceptors (Lipinski definition) is 7. The Morgan fingerprint density at radius 1 is 0.821 bits per heavy atom. The van der Waals surface area contributed by atoms with E-state index in [1.807, 2.05) is 37.3 Å². The molecule has 4 amide bonds. The molecule has 0 bridgehead atoms. The number of carbonyl (C=O) groups excluding carboxylic acids is 4. The quantitative estimate of drug-likeness (QED) is 0.130. The molecule has 9 nitrogen and oxygen atoms in total. The number of carbonyl (C=O) groups is 4. The molecule has 3 fully saturated rings. The molecule has 0 aromatic heterocycles. The van der Waals surface area contributed by atoms with E-state index < -0.39 is 52.7 Å². The monoisotopic (exact) mass is 805 g/mol. The zero-order chi connectivity index (χ0) is 39.2. The van der Waals surface area contributed by atoms with Crippen molar-refractivity contribution < 1.29 is 29.0 Å². The predicted molar refractivity (Wildman–Crippen MR) is 215 cm³/mol. The van der Waals surface area contributed by atoms with Crippen LogP contribution in [-0.2, 0) is 24.6 Å². The number of methoxy groups -OCH3 is 1. The number of phenolic OH excluding ortho intramolecular Hbond substituents is 1. The fraction of sp³-hybridized carbons (Fsp3) is 0.227. The summed E-state index contributed by atoms with van der Waals surface area (Å²) in [7, 11) is 1.54. The van der Waals surface area contributed by atoms with Crippen LogP contribution in [0.5, 0.6) is 11.5 Å². The summed E-state index contributed by atoms with van der Waals surface area (Å²) >= 11 is 19.3. The molecule has 2 saturated heterocycles. The number of nitrogens with one attached hydrogen (secondary N) is 1. The second-order valence-electron chi connectivity index (χ2n) is 14.9. The average Bonchev–Trinajstić information content (AvgIpc) is 3.57. The van der Waals surface area contributed by atoms with E-state index >= 15 is 9.59 Å². The minimum Gasteiger partial charge on any atom is -0.508 e. The zero-order valence-electron chi connectivity index (χ0n) is 30.1. The number of phenols is 1. The minimum atomic E-state index is -1.64. The van der Waals surface area contributed by atoms with Gasteiger partial charge in [-0.25, -0.2) is 4.90 Å². The Morgan fingerprint density at radius 3 is 2.32 bits per heavy atom. The van der Waals surface area contributed by atoms with Crippen molar-refractivity contribution in [3.05, 3.63) is 140 Å². The molecule has 5 aromatic carbocycles. The second-order valence-corrected chi connectivity index (χ2v) is 16.1. The Morgan fingerprint density at radius 2 is 1.59 bits per heavy atom. The van der Waals surface area contributed by atoms with Crippen LogP contribution in [0.1, 0.15) is 35.4 Å². The number of hydrazine groups is 1. The smallest absolute Gasteiger partial charge is 0.260 e. The molecule has 2 heterocycles. The van der Waals surface area contributed by atoms with Crippen LogP contribution in [0.3, 0.4) is 0 Å². The molecule has 56 heavy (non-hydrogen) atoms. The maximum Gasteiger partial charge on any atom is 0.260 e. The second kappa shape index (κ2) is 13.4. The number of hydrogen-bond donors (Lipinski definition) is 2. The fourth-order valence-electron chi connectivity index (χ4n) is 9.72. The standard InChI is InChI=1S/C44H34Cl3N3O6/c1-22-7-12-26(20-33(22)46)49-40(52)30-16-15-29-31(37(30)42(49)54)21-32-41(53)50(48-35-17-11-25(45)19-34(35)47)43(55)44(32,24-9-13-27(56-2)14-10-24)39(29)38-28-6-4-3-5-23(28)8-18-36(38)51/h3-15,17-20,30-32,37,39,48,51H,16,21H2,1-2H3. The highest BCUT2D eigenvalue weighted by Crippen LogP contribution is 2.65. The van der Waals surface area contributed by atoms with Crippen molar-refractivity contribution in [3.8, 4) is 11.5 Å². The first-order chi connectivity index (χ1) is 26.9. The van der Waals surface area contributed by atoms with Crippen molar-refractivity contribution in [1.82, 2.24) is 5.01 Å². The molecular formula is C44H34Cl3N3O6. The molecule has 4 aliphatic rings. The van der Waals surface area contributed by atoms with Crippen molar-refractivity contribution in [2.24, 2.45) is 23.7 Å². The van der Waals surface area contributed by atoms with Crippen LogP contribution in [0, 0.1) is 30.6 Å². The molecule has 0 radical (unpaired) electrons. The van der Waals surface area contributed by atoms with Crippen LogP contribution in [0.2, 0.25) is 15.1 Å². The van der Waals surface area contributed by atoms with Crippen molar-refractivity contribution in [3.63, 3.8) is 0 Å². The van der Waals surface area contributed by atoms with Crippen LogP contribution >= 0.6 is 34.8 Å². The van der Waals surface area contributed by atoms with Crippen molar-refractivity contribution >= 4 is 80.6 Å². The largest absolute Gasteiger partial charge is 0.508 e. The summed E-state index contributed by atoms with van der Waals surface area (Å²) in [6.07, 6.45) is 2.24. The van der Waals surface area contributed by atoms with Crippen molar-refractivity contribution in [2.45, 2.75) is 31.1 Å². The van der Waals surface area contributed by atoms with E-state index in [1.165, 1.54) is 11.0 Å². The number of anilines is 2. The van der Waals surface area contributed by atoms with Gasteiger partial charge in [0.05, 0.1) is 46.7 Å². The lowest BCUT2D eigenvalue weighted by molar-refractivity contribution is -0.138. The fourth-order valence-corrected chi connectivity index (χ4v) is 10.3. The summed E-state index contributed by atoms with van der Waals surface area (Å²) in [5.74, 6) is -5.58. The molecule has 6 atom stereocenters. The molecule has 2 aliphatic heterocycles. The summed E-state index contributed by atoms with van der Waals surface area (Å²) in [6.45, 7) is 1.84. The van der Waals surface area contributed by atoms with Gasteiger partial charge >= 0.3 is 0 Å². The number of fused-ring (bicyclic) bond motifs is 5. The SMILES string of the molecule is COc1ccc(C23C(=O)N(Nc4ccc(Cl)cc4Cl)C(=O)C2CC2C(=CCC4C(=O)N(c5ccc(C)c(Cl)c5)C(=O)C42)C3c2c(O)ccc3ccccc23)cc1. The Balaban J connectivity index is 1.29.